The standard InChI is InChI=1S/C24H23N3O3/c1-27-22(29)24(26-23(27)25,19-9-3-6-16(12-19)15-28)20-10-4-7-17(13-20)18-8-5-11-21(14-18)30-2/h3-14,28H,15H2,1-2H3,(H2,25,26). The molecule has 3 aromatic rings. The van der Waals surface area contributed by atoms with Crippen molar-refractivity contribution in [2.24, 2.45) is 10.7 Å². The fourth-order valence-electron chi connectivity index (χ4n) is 3.81. The van der Waals surface area contributed by atoms with Crippen LogP contribution in [0.15, 0.2) is 77.8 Å². The number of likely N-dealkylation sites (N-methyl/N-ethyl adjacent to an activating group) is 1. The van der Waals surface area contributed by atoms with Crippen LogP contribution in [0.25, 0.3) is 11.1 Å². The summed E-state index contributed by atoms with van der Waals surface area (Å²) in [5, 5.41) is 9.60. The van der Waals surface area contributed by atoms with E-state index < -0.39 is 5.54 Å². The molecule has 0 aliphatic carbocycles. The van der Waals surface area contributed by atoms with Crippen molar-refractivity contribution in [2.45, 2.75) is 12.1 Å². The van der Waals surface area contributed by atoms with Gasteiger partial charge < -0.3 is 15.6 Å². The summed E-state index contributed by atoms with van der Waals surface area (Å²) < 4.78 is 5.34. The van der Waals surface area contributed by atoms with Gasteiger partial charge >= 0.3 is 0 Å². The van der Waals surface area contributed by atoms with Gasteiger partial charge in [-0.2, -0.15) is 0 Å². The Morgan fingerprint density at radius 2 is 1.63 bits per heavy atom. The van der Waals surface area contributed by atoms with Gasteiger partial charge in [-0.15, -0.1) is 0 Å². The summed E-state index contributed by atoms with van der Waals surface area (Å²) in [6.45, 7) is -0.128. The number of methoxy groups -OCH3 is 1. The lowest BCUT2D eigenvalue weighted by Crippen LogP contribution is -2.41. The Morgan fingerprint density at radius 3 is 2.27 bits per heavy atom. The first kappa shape index (κ1) is 19.7. The van der Waals surface area contributed by atoms with Gasteiger partial charge in [0.15, 0.2) is 11.5 Å². The fraction of sp³-hybridized carbons (Fsp3) is 0.167. The third kappa shape index (κ3) is 3.11. The van der Waals surface area contributed by atoms with E-state index in [0.29, 0.717) is 16.7 Å². The lowest BCUT2D eigenvalue weighted by Gasteiger charge is -2.27. The number of nitrogens with two attached hydrogens (primary N) is 1. The Morgan fingerprint density at radius 1 is 1.00 bits per heavy atom. The molecule has 4 rings (SSSR count). The van der Waals surface area contributed by atoms with E-state index in [4.69, 9.17) is 10.5 Å². The lowest BCUT2D eigenvalue weighted by atomic mass is 9.81. The van der Waals surface area contributed by atoms with E-state index in [1.165, 1.54) is 4.90 Å². The highest BCUT2D eigenvalue weighted by Crippen LogP contribution is 2.41. The molecule has 1 unspecified atom stereocenters. The highest BCUT2D eigenvalue weighted by molar-refractivity contribution is 6.09. The van der Waals surface area contributed by atoms with E-state index in [9.17, 15) is 9.90 Å². The number of rotatable bonds is 5. The lowest BCUT2D eigenvalue weighted by molar-refractivity contribution is -0.129. The molecule has 1 aliphatic heterocycles. The second-order valence-electron chi connectivity index (χ2n) is 7.22. The molecule has 1 aliphatic rings. The molecular formula is C24H23N3O3. The van der Waals surface area contributed by atoms with Gasteiger partial charge in [0.25, 0.3) is 5.91 Å². The van der Waals surface area contributed by atoms with Crippen molar-refractivity contribution in [3.8, 4) is 16.9 Å². The third-order valence-electron chi connectivity index (χ3n) is 5.45. The van der Waals surface area contributed by atoms with Crippen molar-refractivity contribution in [2.75, 3.05) is 14.2 Å². The van der Waals surface area contributed by atoms with Gasteiger partial charge in [0.1, 0.15) is 5.75 Å². The van der Waals surface area contributed by atoms with E-state index in [-0.39, 0.29) is 18.5 Å². The van der Waals surface area contributed by atoms with Crippen LogP contribution in [0, 0.1) is 0 Å². The van der Waals surface area contributed by atoms with Crippen molar-refractivity contribution >= 4 is 11.9 Å². The number of aliphatic hydroxyl groups is 1. The predicted molar refractivity (Wildman–Crippen MR) is 116 cm³/mol. The normalized spacial score (nSPS) is 18.4. The maximum atomic E-state index is 13.4. The summed E-state index contributed by atoms with van der Waals surface area (Å²) in [7, 11) is 3.24. The largest absolute Gasteiger partial charge is 0.497 e. The molecule has 0 aromatic heterocycles. The van der Waals surface area contributed by atoms with Crippen LogP contribution in [0.2, 0.25) is 0 Å². The van der Waals surface area contributed by atoms with Crippen LogP contribution in [-0.4, -0.2) is 36.0 Å². The van der Waals surface area contributed by atoms with Crippen LogP contribution in [0.5, 0.6) is 5.75 Å². The first-order chi connectivity index (χ1) is 14.5. The molecule has 3 N–H and O–H groups in total. The van der Waals surface area contributed by atoms with Crippen molar-refractivity contribution in [3.63, 3.8) is 0 Å². The van der Waals surface area contributed by atoms with Gasteiger partial charge in [0.05, 0.1) is 13.7 Å². The third-order valence-corrected chi connectivity index (χ3v) is 5.45. The van der Waals surface area contributed by atoms with Gasteiger partial charge in [-0.05, 0) is 46.0 Å². The SMILES string of the molecule is COc1cccc(-c2cccc(C3(c4cccc(CO)c4)N=C(N)N(C)C3=O)c2)c1. The highest BCUT2D eigenvalue weighted by Gasteiger charge is 2.49. The minimum atomic E-state index is -1.31. The number of aliphatic hydroxyl groups excluding tert-OH is 1. The molecule has 152 valence electrons. The molecule has 1 amide bonds. The Hall–Kier alpha value is -3.64. The molecule has 0 bridgehead atoms. The van der Waals surface area contributed by atoms with Crippen LogP contribution >= 0.6 is 0 Å². The van der Waals surface area contributed by atoms with E-state index in [1.54, 1.807) is 26.3 Å². The second-order valence-corrected chi connectivity index (χ2v) is 7.22. The van der Waals surface area contributed by atoms with Crippen molar-refractivity contribution < 1.29 is 14.6 Å². The number of nitrogens with zero attached hydrogens (tertiary/aromatic N) is 2. The molecule has 0 radical (unpaired) electrons. The summed E-state index contributed by atoms with van der Waals surface area (Å²) in [4.78, 5) is 19.4. The zero-order valence-electron chi connectivity index (χ0n) is 16.9. The molecule has 30 heavy (non-hydrogen) atoms. The highest BCUT2D eigenvalue weighted by atomic mass is 16.5. The predicted octanol–water partition coefficient (Wildman–Crippen LogP) is 2.88. The molecule has 1 heterocycles. The van der Waals surface area contributed by atoms with Crippen LogP contribution < -0.4 is 10.5 Å². The summed E-state index contributed by atoms with van der Waals surface area (Å²) in [5.74, 6) is 0.668. The Labute approximate surface area is 175 Å². The smallest absolute Gasteiger partial charge is 0.266 e. The van der Waals surface area contributed by atoms with Gasteiger partial charge in [-0.1, -0.05) is 54.6 Å². The quantitative estimate of drug-likeness (QED) is 0.688. The topological polar surface area (TPSA) is 88.2 Å². The first-order valence-electron chi connectivity index (χ1n) is 9.58. The number of amides is 1. The monoisotopic (exact) mass is 401 g/mol. The number of benzene rings is 3. The van der Waals surface area contributed by atoms with Crippen LogP contribution in [0.4, 0.5) is 0 Å². The number of hydrogen-bond acceptors (Lipinski definition) is 5. The second kappa shape index (κ2) is 7.65. The summed E-state index contributed by atoms with van der Waals surface area (Å²) in [6, 6.07) is 22.7. The van der Waals surface area contributed by atoms with E-state index in [1.807, 2.05) is 60.7 Å². The van der Waals surface area contributed by atoms with E-state index in [2.05, 4.69) is 4.99 Å². The Bertz CT molecular complexity index is 1140. The van der Waals surface area contributed by atoms with Crippen molar-refractivity contribution in [1.82, 2.24) is 4.90 Å². The van der Waals surface area contributed by atoms with Crippen molar-refractivity contribution in [3.05, 3.63) is 89.5 Å². The van der Waals surface area contributed by atoms with Crippen LogP contribution in [0.1, 0.15) is 16.7 Å². The van der Waals surface area contributed by atoms with E-state index >= 15 is 0 Å². The Kier molecular flexibility index (Phi) is 5.01. The minimum Gasteiger partial charge on any atom is -0.497 e. The van der Waals surface area contributed by atoms with E-state index in [0.717, 1.165) is 16.9 Å². The molecule has 0 saturated carbocycles. The van der Waals surface area contributed by atoms with Gasteiger partial charge in [-0.3, -0.25) is 9.69 Å². The molecule has 3 aromatic carbocycles. The van der Waals surface area contributed by atoms with Gasteiger partial charge in [0.2, 0.25) is 0 Å². The molecule has 0 saturated heterocycles. The number of carbonyl (C=O) groups is 1. The number of guanidine groups is 1. The summed E-state index contributed by atoms with van der Waals surface area (Å²) in [5.41, 5.74) is 8.72. The van der Waals surface area contributed by atoms with Crippen LogP contribution in [0.3, 0.4) is 0 Å². The maximum Gasteiger partial charge on any atom is 0.266 e. The number of ether oxygens (including phenoxy) is 1. The average molecular weight is 401 g/mol. The first-order valence-corrected chi connectivity index (χ1v) is 9.58. The molecule has 1 atom stereocenters. The molecule has 0 spiro atoms. The summed E-state index contributed by atoms with van der Waals surface area (Å²) in [6.07, 6.45) is 0. The minimum absolute atomic E-state index is 0.128. The molecular weight excluding hydrogens is 378 g/mol. The molecule has 6 heteroatoms. The molecule has 6 nitrogen and oxygen atoms in total. The number of hydrogen-bond donors (Lipinski definition) is 2. The van der Waals surface area contributed by atoms with Gasteiger partial charge in [-0.25, -0.2) is 4.99 Å². The number of aliphatic imine (C=N–C) groups is 1. The number of carbonyl (C=O) groups excluding carboxylic acids is 1. The maximum absolute atomic E-state index is 13.4. The zero-order valence-corrected chi connectivity index (χ0v) is 16.9. The van der Waals surface area contributed by atoms with Crippen molar-refractivity contribution in [1.29, 1.82) is 0 Å². The zero-order chi connectivity index (χ0) is 21.3. The summed E-state index contributed by atoms with van der Waals surface area (Å²) >= 11 is 0. The Balaban J connectivity index is 1.92. The average Bonchev–Trinajstić information content (AvgIpc) is 3.04. The van der Waals surface area contributed by atoms with Crippen LogP contribution in [-0.2, 0) is 16.9 Å². The molecule has 0 fully saturated rings. The fourth-order valence-corrected chi connectivity index (χ4v) is 3.81. The van der Waals surface area contributed by atoms with Gasteiger partial charge in [0, 0.05) is 7.05 Å².